The first kappa shape index (κ1) is 15.8. The highest BCUT2D eigenvalue weighted by atomic mass is 16.5. The van der Waals surface area contributed by atoms with E-state index in [1.54, 1.807) is 6.21 Å². The van der Waals surface area contributed by atoms with Gasteiger partial charge in [0.15, 0.2) is 6.61 Å². The van der Waals surface area contributed by atoms with E-state index in [-0.39, 0.29) is 12.5 Å². The molecule has 0 aliphatic rings. The van der Waals surface area contributed by atoms with Gasteiger partial charge < -0.3 is 9.72 Å². The molecule has 0 radical (unpaired) electrons. The second kappa shape index (κ2) is 7.00. The molecule has 0 saturated heterocycles. The molecule has 0 aliphatic carbocycles. The van der Waals surface area contributed by atoms with Crippen LogP contribution in [-0.4, -0.2) is 23.7 Å². The average molecular weight is 321 g/mol. The monoisotopic (exact) mass is 321 g/mol. The molecule has 0 spiro atoms. The molecule has 0 fully saturated rings. The number of hydrogen-bond acceptors (Lipinski definition) is 3. The molecule has 1 heterocycles. The molecule has 1 amide bonds. The molecule has 122 valence electrons. The number of aryl methyl sites for hydroxylation is 2. The van der Waals surface area contributed by atoms with E-state index in [4.69, 9.17) is 4.74 Å². The zero-order chi connectivity index (χ0) is 16.9. The third kappa shape index (κ3) is 3.46. The molecule has 3 rings (SSSR count). The average Bonchev–Trinajstić information content (AvgIpc) is 2.90. The van der Waals surface area contributed by atoms with Crippen molar-refractivity contribution in [2.24, 2.45) is 5.10 Å². The summed E-state index contributed by atoms with van der Waals surface area (Å²) in [5, 5.41) is 5.11. The van der Waals surface area contributed by atoms with Crippen molar-refractivity contribution in [1.29, 1.82) is 0 Å². The summed E-state index contributed by atoms with van der Waals surface area (Å²) in [6.45, 7) is 3.84. The van der Waals surface area contributed by atoms with Gasteiger partial charge >= 0.3 is 0 Å². The molecule has 0 aliphatic heterocycles. The van der Waals surface area contributed by atoms with Crippen LogP contribution in [-0.2, 0) is 4.79 Å². The van der Waals surface area contributed by atoms with E-state index in [0.29, 0.717) is 5.75 Å². The van der Waals surface area contributed by atoms with Crippen LogP contribution in [0.3, 0.4) is 0 Å². The van der Waals surface area contributed by atoms with E-state index in [1.165, 1.54) is 0 Å². The van der Waals surface area contributed by atoms with Gasteiger partial charge in [-0.25, -0.2) is 5.43 Å². The van der Waals surface area contributed by atoms with Gasteiger partial charge in [-0.1, -0.05) is 36.4 Å². The summed E-state index contributed by atoms with van der Waals surface area (Å²) in [5.74, 6) is 0.399. The second-order valence-electron chi connectivity index (χ2n) is 5.56. The quantitative estimate of drug-likeness (QED) is 0.559. The van der Waals surface area contributed by atoms with Gasteiger partial charge in [-0.2, -0.15) is 5.10 Å². The molecule has 2 N–H and O–H groups in total. The number of rotatable bonds is 5. The largest absolute Gasteiger partial charge is 0.483 e. The molecule has 0 bridgehead atoms. The van der Waals surface area contributed by atoms with Gasteiger partial charge in [0.2, 0.25) is 0 Å². The van der Waals surface area contributed by atoms with Crippen LogP contribution in [0.15, 0.2) is 53.6 Å². The van der Waals surface area contributed by atoms with Crippen molar-refractivity contribution >= 4 is 23.0 Å². The van der Waals surface area contributed by atoms with E-state index in [2.05, 4.69) is 15.5 Å². The summed E-state index contributed by atoms with van der Waals surface area (Å²) in [7, 11) is 0. The van der Waals surface area contributed by atoms with E-state index < -0.39 is 0 Å². The van der Waals surface area contributed by atoms with E-state index in [1.807, 2.05) is 62.4 Å². The molecule has 5 heteroatoms. The van der Waals surface area contributed by atoms with Crippen molar-refractivity contribution in [1.82, 2.24) is 10.4 Å². The molecule has 24 heavy (non-hydrogen) atoms. The standard InChI is InChI=1S/C19H19N3O2/c1-13-7-3-6-10-18(13)24-12-19(23)22-20-11-16-14(2)21-17-9-5-4-8-15(16)17/h3-11,21H,12H2,1-2H3,(H,22,23)/b20-11+. The van der Waals surface area contributed by atoms with Gasteiger partial charge in [-0.3, -0.25) is 4.79 Å². The fourth-order valence-electron chi connectivity index (χ4n) is 2.53. The van der Waals surface area contributed by atoms with Gasteiger partial charge in [0.1, 0.15) is 5.75 Å². The van der Waals surface area contributed by atoms with Crippen molar-refractivity contribution < 1.29 is 9.53 Å². The van der Waals surface area contributed by atoms with Crippen LogP contribution in [0.5, 0.6) is 5.75 Å². The highest BCUT2D eigenvalue weighted by Gasteiger charge is 2.06. The minimum Gasteiger partial charge on any atom is -0.483 e. The normalized spacial score (nSPS) is 11.1. The maximum atomic E-state index is 11.8. The molecular formula is C19H19N3O2. The van der Waals surface area contributed by atoms with Crippen LogP contribution < -0.4 is 10.2 Å². The minimum absolute atomic E-state index is 0.0743. The summed E-state index contributed by atoms with van der Waals surface area (Å²) in [4.78, 5) is 15.1. The fourth-order valence-corrected chi connectivity index (χ4v) is 2.53. The van der Waals surface area contributed by atoms with Crippen LogP contribution in [0, 0.1) is 13.8 Å². The molecular weight excluding hydrogens is 302 g/mol. The number of fused-ring (bicyclic) bond motifs is 1. The number of hydrogen-bond donors (Lipinski definition) is 2. The summed E-state index contributed by atoms with van der Waals surface area (Å²) >= 11 is 0. The molecule has 3 aromatic rings. The smallest absolute Gasteiger partial charge is 0.277 e. The Morgan fingerprint density at radius 2 is 1.92 bits per heavy atom. The van der Waals surface area contributed by atoms with Crippen LogP contribution >= 0.6 is 0 Å². The Kier molecular flexibility index (Phi) is 4.61. The maximum absolute atomic E-state index is 11.8. The van der Waals surface area contributed by atoms with Gasteiger partial charge in [0, 0.05) is 22.2 Å². The number of aromatic nitrogens is 1. The third-order valence-electron chi connectivity index (χ3n) is 3.78. The Balaban J connectivity index is 1.60. The van der Waals surface area contributed by atoms with E-state index in [0.717, 1.165) is 27.7 Å². The van der Waals surface area contributed by atoms with Crippen LogP contribution in [0.4, 0.5) is 0 Å². The highest BCUT2D eigenvalue weighted by Crippen LogP contribution is 2.19. The highest BCUT2D eigenvalue weighted by molar-refractivity contribution is 6.00. The fraction of sp³-hybridized carbons (Fsp3) is 0.158. The van der Waals surface area contributed by atoms with Crippen molar-refractivity contribution in [3.63, 3.8) is 0 Å². The van der Waals surface area contributed by atoms with Crippen LogP contribution in [0.1, 0.15) is 16.8 Å². The van der Waals surface area contributed by atoms with Gasteiger partial charge in [0.25, 0.3) is 5.91 Å². The number of nitrogens with one attached hydrogen (secondary N) is 2. The zero-order valence-electron chi connectivity index (χ0n) is 13.7. The number of amides is 1. The van der Waals surface area contributed by atoms with Crippen molar-refractivity contribution in [2.45, 2.75) is 13.8 Å². The second-order valence-corrected chi connectivity index (χ2v) is 5.56. The lowest BCUT2D eigenvalue weighted by Crippen LogP contribution is -2.24. The molecule has 2 aromatic carbocycles. The SMILES string of the molecule is Cc1ccccc1OCC(=O)N/N=C/c1c(C)[nH]c2ccccc12. The van der Waals surface area contributed by atoms with E-state index >= 15 is 0 Å². The Hall–Kier alpha value is -3.08. The lowest BCUT2D eigenvalue weighted by Gasteiger charge is -2.07. The topological polar surface area (TPSA) is 66.5 Å². The summed E-state index contributed by atoms with van der Waals surface area (Å²) in [6.07, 6.45) is 1.65. The van der Waals surface area contributed by atoms with Crippen LogP contribution in [0.2, 0.25) is 0 Å². The number of carbonyl (C=O) groups excluding carboxylic acids is 1. The lowest BCUT2D eigenvalue weighted by atomic mass is 10.1. The Bertz CT molecular complexity index is 897. The zero-order valence-corrected chi connectivity index (χ0v) is 13.7. The number of H-pyrrole nitrogens is 1. The predicted molar refractivity (Wildman–Crippen MR) is 95.4 cm³/mol. The number of ether oxygens (including phenoxy) is 1. The number of carbonyl (C=O) groups is 1. The Labute approximate surface area is 140 Å². The van der Waals surface area contributed by atoms with Crippen LogP contribution in [0.25, 0.3) is 10.9 Å². The number of nitrogens with zero attached hydrogens (tertiary/aromatic N) is 1. The van der Waals surface area contributed by atoms with Crippen molar-refractivity contribution in [2.75, 3.05) is 6.61 Å². The third-order valence-corrected chi connectivity index (χ3v) is 3.78. The molecule has 0 unspecified atom stereocenters. The Morgan fingerprint density at radius 1 is 1.17 bits per heavy atom. The number of benzene rings is 2. The first-order valence-corrected chi connectivity index (χ1v) is 7.73. The van der Waals surface area contributed by atoms with Gasteiger partial charge in [-0.05, 0) is 31.5 Å². The predicted octanol–water partition coefficient (Wildman–Crippen LogP) is 3.31. The first-order valence-electron chi connectivity index (χ1n) is 7.73. The Morgan fingerprint density at radius 3 is 2.75 bits per heavy atom. The summed E-state index contributed by atoms with van der Waals surface area (Å²) in [6, 6.07) is 15.5. The van der Waals surface area contributed by atoms with Crippen molar-refractivity contribution in [3.8, 4) is 5.75 Å². The van der Waals surface area contributed by atoms with E-state index in [9.17, 15) is 4.79 Å². The summed E-state index contributed by atoms with van der Waals surface area (Å²) in [5.41, 5.74) is 6.50. The first-order chi connectivity index (χ1) is 11.6. The summed E-state index contributed by atoms with van der Waals surface area (Å²) < 4.78 is 5.49. The molecule has 5 nitrogen and oxygen atoms in total. The van der Waals surface area contributed by atoms with Gasteiger partial charge in [-0.15, -0.1) is 0 Å². The maximum Gasteiger partial charge on any atom is 0.277 e. The van der Waals surface area contributed by atoms with Gasteiger partial charge in [0.05, 0.1) is 6.21 Å². The minimum atomic E-state index is -0.299. The lowest BCUT2D eigenvalue weighted by molar-refractivity contribution is -0.123. The number of aromatic amines is 1. The van der Waals surface area contributed by atoms with Crippen molar-refractivity contribution in [3.05, 3.63) is 65.4 Å². The number of hydrazone groups is 1. The molecule has 0 atom stereocenters. The number of para-hydroxylation sites is 2. The molecule has 0 saturated carbocycles. The molecule has 1 aromatic heterocycles.